The first-order valence-corrected chi connectivity index (χ1v) is 12.2. The molecule has 2 bridgehead atoms. The SMILES string of the molecule is CS(=O)(=O)O.C[C@@H]1C[C@@H](N2CC3CC2OCOc2ccccc23)Cc2ccccc21. The molecular weight excluding hydrogens is 402 g/mol. The molecule has 1 aliphatic carbocycles. The van der Waals surface area contributed by atoms with Crippen LogP contribution in [0.1, 0.15) is 48.3 Å². The number of hydrogen-bond acceptors (Lipinski definition) is 5. The molecule has 162 valence electrons. The van der Waals surface area contributed by atoms with Gasteiger partial charge in [-0.3, -0.25) is 9.45 Å². The van der Waals surface area contributed by atoms with E-state index >= 15 is 0 Å². The average Bonchev–Trinajstić information content (AvgIpc) is 3.12. The van der Waals surface area contributed by atoms with Crippen molar-refractivity contribution in [2.24, 2.45) is 0 Å². The molecule has 7 heteroatoms. The summed E-state index contributed by atoms with van der Waals surface area (Å²) < 4.78 is 37.9. The zero-order valence-electron chi connectivity index (χ0n) is 17.4. The lowest BCUT2D eigenvalue weighted by molar-refractivity contribution is -0.107. The van der Waals surface area contributed by atoms with Crippen molar-refractivity contribution in [3.05, 3.63) is 65.2 Å². The molecule has 0 saturated carbocycles. The third-order valence-corrected chi connectivity index (χ3v) is 6.26. The summed E-state index contributed by atoms with van der Waals surface area (Å²) in [5.41, 5.74) is 4.40. The van der Waals surface area contributed by atoms with E-state index < -0.39 is 10.1 Å². The smallest absolute Gasteiger partial charge is 0.261 e. The van der Waals surface area contributed by atoms with Crippen molar-refractivity contribution >= 4 is 10.1 Å². The number of benzene rings is 2. The first kappa shape index (κ1) is 21.3. The van der Waals surface area contributed by atoms with Gasteiger partial charge < -0.3 is 9.47 Å². The molecule has 4 atom stereocenters. The van der Waals surface area contributed by atoms with Gasteiger partial charge in [-0.2, -0.15) is 8.42 Å². The molecule has 2 aromatic rings. The van der Waals surface area contributed by atoms with Crippen LogP contribution in [-0.2, 0) is 21.3 Å². The van der Waals surface area contributed by atoms with Crippen LogP contribution in [-0.4, -0.2) is 49.7 Å². The number of fused-ring (bicyclic) bond motifs is 5. The highest BCUT2D eigenvalue weighted by Gasteiger charge is 2.41. The van der Waals surface area contributed by atoms with Gasteiger partial charge in [0.1, 0.15) is 12.0 Å². The number of ether oxygens (including phenoxy) is 2. The molecule has 5 rings (SSSR count). The van der Waals surface area contributed by atoms with E-state index in [0.29, 0.717) is 30.9 Å². The number of rotatable bonds is 1. The highest BCUT2D eigenvalue weighted by molar-refractivity contribution is 7.85. The quantitative estimate of drug-likeness (QED) is 0.693. The normalized spacial score (nSPS) is 28.1. The van der Waals surface area contributed by atoms with Gasteiger partial charge in [0.2, 0.25) is 0 Å². The maximum absolute atomic E-state index is 9.19. The van der Waals surface area contributed by atoms with Gasteiger partial charge in [-0.25, -0.2) is 0 Å². The maximum Gasteiger partial charge on any atom is 0.261 e. The van der Waals surface area contributed by atoms with Gasteiger partial charge >= 0.3 is 0 Å². The molecule has 2 aliphatic heterocycles. The lowest BCUT2D eigenvalue weighted by Crippen LogP contribution is -2.44. The summed E-state index contributed by atoms with van der Waals surface area (Å²) in [5.74, 6) is 2.12. The summed E-state index contributed by atoms with van der Waals surface area (Å²) in [6, 6.07) is 18.0. The van der Waals surface area contributed by atoms with E-state index in [1.807, 2.05) is 6.07 Å². The second kappa shape index (κ2) is 8.67. The minimum absolute atomic E-state index is 0.181. The van der Waals surface area contributed by atoms with Crippen molar-refractivity contribution in [1.29, 1.82) is 0 Å². The fourth-order valence-corrected chi connectivity index (χ4v) is 5.05. The average molecular weight is 432 g/mol. The number of hydrogen-bond donors (Lipinski definition) is 1. The van der Waals surface area contributed by atoms with Crippen LogP contribution in [0.2, 0.25) is 0 Å². The summed E-state index contributed by atoms with van der Waals surface area (Å²) in [6.45, 7) is 3.79. The molecule has 1 saturated heterocycles. The van der Waals surface area contributed by atoms with Crippen molar-refractivity contribution in [3.8, 4) is 5.75 Å². The minimum atomic E-state index is -3.67. The van der Waals surface area contributed by atoms with Crippen LogP contribution in [0.4, 0.5) is 0 Å². The second-order valence-corrected chi connectivity index (χ2v) is 9.94. The molecular formula is C23H29NO5S. The van der Waals surface area contributed by atoms with Crippen molar-refractivity contribution in [3.63, 3.8) is 0 Å². The Balaban J connectivity index is 0.000000393. The zero-order valence-corrected chi connectivity index (χ0v) is 18.2. The van der Waals surface area contributed by atoms with Crippen molar-refractivity contribution < 1.29 is 22.4 Å². The molecule has 0 amide bonds. The molecule has 2 unspecified atom stereocenters. The molecule has 3 aliphatic rings. The van der Waals surface area contributed by atoms with E-state index in [1.54, 1.807) is 0 Å². The topological polar surface area (TPSA) is 76.1 Å². The van der Waals surface area contributed by atoms with E-state index in [4.69, 9.17) is 14.0 Å². The standard InChI is InChI=1S/C22H25NO2.CH4O3S/c1-15-10-18(11-16-6-2-3-7-19(15)16)23-13-17-12-22(23)25-14-24-21-9-5-4-8-20(17)21;1-5(2,3)4/h2-9,15,17-18,22H,10-14H2,1H3;1H3,(H,2,3,4)/t15-,17?,18-,22?;/m1./s1. The molecule has 2 heterocycles. The van der Waals surface area contributed by atoms with E-state index in [0.717, 1.165) is 25.1 Å². The Bertz CT molecular complexity index is 985. The Morgan fingerprint density at radius 3 is 2.47 bits per heavy atom. The third-order valence-electron chi connectivity index (χ3n) is 6.26. The predicted molar refractivity (Wildman–Crippen MR) is 115 cm³/mol. The van der Waals surface area contributed by atoms with Crippen LogP contribution < -0.4 is 4.74 Å². The van der Waals surface area contributed by atoms with Gasteiger partial charge in [0, 0.05) is 18.5 Å². The first-order chi connectivity index (χ1) is 14.3. The number of para-hydroxylation sites is 1. The summed E-state index contributed by atoms with van der Waals surface area (Å²) in [5, 5.41) is 0. The first-order valence-electron chi connectivity index (χ1n) is 10.4. The molecule has 1 N–H and O–H groups in total. The predicted octanol–water partition coefficient (Wildman–Crippen LogP) is 3.79. The van der Waals surface area contributed by atoms with E-state index in [1.165, 1.54) is 23.1 Å². The monoisotopic (exact) mass is 431 g/mol. The van der Waals surface area contributed by atoms with Crippen molar-refractivity contribution in [1.82, 2.24) is 4.90 Å². The van der Waals surface area contributed by atoms with E-state index in [-0.39, 0.29) is 6.23 Å². The lowest BCUT2D eigenvalue weighted by atomic mass is 9.80. The van der Waals surface area contributed by atoms with Gasteiger partial charge in [-0.1, -0.05) is 49.4 Å². The van der Waals surface area contributed by atoms with Gasteiger partial charge in [0.15, 0.2) is 6.79 Å². The number of likely N-dealkylation sites (tertiary alicyclic amines) is 1. The molecule has 0 spiro atoms. The van der Waals surface area contributed by atoms with E-state index in [9.17, 15) is 8.42 Å². The third kappa shape index (κ3) is 4.86. The molecule has 30 heavy (non-hydrogen) atoms. The van der Waals surface area contributed by atoms with Crippen molar-refractivity contribution in [2.45, 2.75) is 50.3 Å². The molecule has 0 radical (unpaired) electrons. The summed E-state index contributed by atoms with van der Waals surface area (Å²) in [7, 11) is -3.67. The second-order valence-electron chi connectivity index (χ2n) is 8.48. The Hall–Kier alpha value is -1.93. The molecule has 2 aromatic carbocycles. The summed E-state index contributed by atoms with van der Waals surface area (Å²) in [4.78, 5) is 2.61. The lowest BCUT2D eigenvalue weighted by Gasteiger charge is -2.38. The maximum atomic E-state index is 9.19. The minimum Gasteiger partial charge on any atom is -0.467 e. The highest BCUT2D eigenvalue weighted by Crippen LogP contribution is 2.42. The fourth-order valence-electron chi connectivity index (χ4n) is 5.05. The molecule has 1 fully saturated rings. The van der Waals surface area contributed by atoms with Crippen LogP contribution in [0, 0.1) is 0 Å². The Labute approximate surface area is 178 Å². The van der Waals surface area contributed by atoms with Gasteiger partial charge in [0.05, 0.1) is 6.26 Å². The summed E-state index contributed by atoms with van der Waals surface area (Å²) >= 11 is 0. The van der Waals surface area contributed by atoms with Gasteiger partial charge in [0.25, 0.3) is 10.1 Å². The van der Waals surface area contributed by atoms with Crippen LogP contribution >= 0.6 is 0 Å². The number of nitrogens with zero attached hydrogens (tertiary/aromatic N) is 1. The van der Waals surface area contributed by atoms with Crippen LogP contribution in [0.3, 0.4) is 0 Å². The van der Waals surface area contributed by atoms with Crippen LogP contribution in [0.5, 0.6) is 5.75 Å². The van der Waals surface area contributed by atoms with Crippen LogP contribution in [0.15, 0.2) is 48.5 Å². The van der Waals surface area contributed by atoms with Gasteiger partial charge in [-0.05, 0) is 47.9 Å². The Kier molecular flexibility index (Phi) is 6.16. The fraction of sp³-hybridized carbons (Fsp3) is 0.478. The largest absolute Gasteiger partial charge is 0.467 e. The van der Waals surface area contributed by atoms with E-state index in [2.05, 4.69) is 54.3 Å². The highest BCUT2D eigenvalue weighted by atomic mass is 32.2. The Morgan fingerprint density at radius 2 is 1.70 bits per heavy atom. The zero-order chi connectivity index (χ0) is 21.3. The molecule has 6 nitrogen and oxygen atoms in total. The van der Waals surface area contributed by atoms with Crippen molar-refractivity contribution in [2.75, 3.05) is 19.6 Å². The van der Waals surface area contributed by atoms with Gasteiger partial charge in [-0.15, -0.1) is 0 Å². The summed E-state index contributed by atoms with van der Waals surface area (Å²) in [6.07, 6.45) is 4.32. The molecule has 0 aromatic heterocycles. The Morgan fingerprint density at radius 1 is 1.03 bits per heavy atom. The van der Waals surface area contributed by atoms with Crippen LogP contribution in [0.25, 0.3) is 0 Å².